The summed E-state index contributed by atoms with van der Waals surface area (Å²) in [6.07, 6.45) is 9.25. The molecule has 0 bridgehead atoms. The molecule has 1 unspecified atom stereocenters. The molecule has 2 aliphatic rings. The maximum absolute atomic E-state index is 5.96. The van der Waals surface area contributed by atoms with Crippen molar-refractivity contribution in [2.45, 2.75) is 51.0 Å². The summed E-state index contributed by atoms with van der Waals surface area (Å²) in [4.78, 5) is 0. The highest BCUT2D eigenvalue weighted by Gasteiger charge is 2.24. The van der Waals surface area contributed by atoms with Gasteiger partial charge in [0.25, 0.3) is 0 Å². The Balaban J connectivity index is 1.81. The molecule has 0 aromatic heterocycles. The molecule has 2 heteroatoms. The summed E-state index contributed by atoms with van der Waals surface area (Å²) in [5, 5.41) is 3.52. The fourth-order valence-corrected chi connectivity index (χ4v) is 3.67. The molecular formula is C17H25NO. The Bertz CT molecular complexity index is 423. The van der Waals surface area contributed by atoms with Crippen molar-refractivity contribution >= 4 is 0 Å². The predicted molar refractivity (Wildman–Crippen MR) is 78.6 cm³/mol. The smallest absolute Gasteiger partial charge is 0.127 e. The highest BCUT2D eigenvalue weighted by molar-refractivity contribution is 5.44. The van der Waals surface area contributed by atoms with Crippen molar-refractivity contribution < 1.29 is 4.74 Å². The Labute approximate surface area is 116 Å². The lowest BCUT2D eigenvalue weighted by Gasteiger charge is -2.26. The first-order chi connectivity index (χ1) is 9.38. The fourth-order valence-electron chi connectivity index (χ4n) is 3.67. The first kappa shape index (κ1) is 13.0. The van der Waals surface area contributed by atoms with Gasteiger partial charge in [0.2, 0.25) is 0 Å². The van der Waals surface area contributed by atoms with E-state index in [1.54, 1.807) is 0 Å². The van der Waals surface area contributed by atoms with Gasteiger partial charge in [-0.15, -0.1) is 0 Å². The first-order valence-corrected chi connectivity index (χ1v) is 7.80. The summed E-state index contributed by atoms with van der Waals surface area (Å²) in [7, 11) is 2.09. The first-order valence-electron chi connectivity index (χ1n) is 7.80. The second kappa shape index (κ2) is 5.96. The summed E-state index contributed by atoms with van der Waals surface area (Å²) in [6.45, 7) is 0.879. The molecule has 3 rings (SSSR count). The van der Waals surface area contributed by atoms with Crippen LogP contribution in [-0.2, 0) is 6.42 Å². The zero-order valence-electron chi connectivity index (χ0n) is 12.0. The van der Waals surface area contributed by atoms with Gasteiger partial charge in [0.1, 0.15) is 5.75 Å². The molecule has 1 atom stereocenters. The molecule has 1 aliphatic heterocycles. The average Bonchev–Trinajstić information content (AvgIpc) is 2.97. The Morgan fingerprint density at radius 3 is 2.89 bits per heavy atom. The highest BCUT2D eigenvalue weighted by Crippen LogP contribution is 2.38. The molecular weight excluding hydrogens is 234 g/mol. The maximum atomic E-state index is 5.96. The van der Waals surface area contributed by atoms with Crippen LogP contribution in [0.2, 0.25) is 0 Å². The average molecular weight is 259 g/mol. The zero-order chi connectivity index (χ0) is 13.1. The molecule has 1 aromatic rings. The van der Waals surface area contributed by atoms with Crippen LogP contribution in [0.3, 0.4) is 0 Å². The molecule has 0 saturated heterocycles. The summed E-state index contributed by atoms with van der Waals surface area (Å²) in [6, 6.07) is 7.12. The number of para-hydroxylation sites is 1. The third kappa shape index (κ3) is 2.79. The standard InChI is InChI=1S/C17H25NO/c1-18-16(12-13-6-2-3-7-13)15-10-4-8-14-9-5-11-19-17(14)15/h4,8,10,13,16,18H,2-3,5-7,9,11-12H2,1H3. The lowest BCUT2D eigenvalue weighted by Crippen LogP contribution is -2.21. The Morgan fingerprint density at radius 2 is 2.11 bits per heavy atom. The Kier molecular flexibility index (Phi) is 4.07. The van der Waals surface area contributed by atoms with Crippen molar-refractivity contribution in [1.82, 2.24) is 5.32 Å². The Hall–Kier alpha value is -1.02. The minimum absolute atomic E-state index is 0.455. The SMILES string of the molecule is CNC(CC1CCCC1)c1cccc2c1OCCC2. The van der Waals surface area contributed by atoms with Gasteiger partial charge in [-0.2, -0.15) is 0 Å². The lowest BCUT2D eigenvalue weighted by atomic mass is 9.91. The van der Waals surface area contributed by atoms with E-state index in [9.17, 15) is 0 Å². The topological polar surface area (TPSA) is 21.3 Å². The van der Waals surface area contributed by atoms with E-state index in [-0.39, 0.29) is 0 Å². The molecule has 104 valence electrons. The largest absolute Gasteiger partial charge is 0.493 e. The van der Waals surface area contributed by atoms with Gasteiger partial charge in [-0.05, 0) is 37.8 Å². The molecule has 1 N–H and O–H groups in total. The van der Waals surface area contributed by atoms with Crippen LogP contribution in [0.4, 0.5) is 0 Å². The number of benzene rings is 1. The molecule has 0 amide bonds. The van der Waals surface area contributed by atoms with Crippen molar-refractivity contribution in [3.63, 3.8) is 0 Å². The van der Waals surface area contributed by atoms with E-state index in [2.05, 4.69) is 30.6 Å². The van der Waals surface area contributed by atoms with Crippen molar-refractivity contribution in [2.24, 2.45) is 5.92 Å². The molecule has 2 nitrogen and oxygen atoms in total. The van der Waals surface area contributed by atoms with Crippen LogP contribution < -0.4 is 10.1 Å². The van der Waals surface area contributed by atoms with E-state index in [1.807, 2.05) is 0 Å². The second-order valence-corrected chi connectivity index (χ2v) is 6.01. The molecule has 0 spiro atoms. The van der Waals surface area contributed by atoms with Crippen molar-refractivity contribution in [1.29, 1.82) is 0 Å². The molecule has 0 radical (unpaired) electrons. The predicted octanol–water partition coefficient (Wildman–Crippen LogP) is 3.85. The fraction of sp³-hybridized carbons (Fsp3) is 0.647. The molecule has 1 aromatic carbocycles. The van der Waals surface area contributed by atoms with Crippen LogP contribution in [0.25, 0.3) is 0 Å². The normalized spacial score (nSPS) is 20.9. The van der Waals surface area contributed by atoms with Crippen LogP contribution >= 0.6 is 0 Å². The van der Waals surface area contributed by atoms with Gasteiger partial charge >= 0.3 is 0 Å². The number of rotatable bonds is 4. The van der Waals surface area contributed by atoms with Crippen LogP contribution in [0, 0.1) is 5.92 Å². The van der Waals surface area contributed by atoms with E-state index >= 15 is 0 Å². The molecule has 1 aliphatic carbocycles. The van der Waals surface area contributed by atoms with Gasteiger partial charge in [-0.3, -0.25) is 0 Å². The quantitative estimate of drug-likeness (QED) is 0.886. The highest BCUT2D eigenvalue weighted by atomic mass is 16.5. The van der Waals surface area contributed by atoms with Crippen molar-refractivity contribution in [3.8, 4) is 5.75 Å². The molecule has 19 heavy (non-hydrogen) atoms. The van der Waals surface area contributed by atoms with Crippen LogP contribution in [0.5, 0.6) is 5.75 Å². The van der Waals surface area contributed by atoms with Gasteiger partial charge in [0.15, 0.2) is 0 Å². The third-order valence-corrected chi connectivity index (χ3v) is 4.73. The van der Waals surface area contributed by atoms with E-state index in [0.717, 1.165) is 18.9 Å². The minimum Gasteiger partial charge on any atom is -0.493 e. The number of hydrogen-bond donors (Lipinski definition) is 1. The molecule has 1 saturated carbocycles. The van der Waals surface area contributed by atoms with Gasteiger partial charge in [-0.1, -0.05) is 43.9 Å². The van der Waals surface area contributed by atoms with E-state index in [0.29, 0.717) is 6.04 Å². The summed E-state index contributed by atoms with van der Waals surface area (Å²) in [5.41, 5.74) is 2.78. The monoisotopic (exact) mass is 259 g/mol. The summed E-state index contributed by atoms with van der Waals surface area (Å²) in [5.74, 6) is 2.07. The van der Waals surface area contributed by atoms with Crippen LogP contribution in [0.1, 0.15) is 55.7 Å². The minimum atomic E-state index is 0.455. The lowest BCUT2D eigenvalue weighted by molar-refractivity contribution is 0.279. The second-order valence-electron chi connectivity index (χ2n) is 6.01. The number of fused-ring (bicyclic) bond motifs is 1. The summed E-state index contributed by atoms with van der Waals surface area (Å²) >= 11 is 0. The van der Waals surface area contributed by atoms with Gasteiger partial charge in [-0.25, -0.2) is 0 Å². The number of ether oxygens (including phenoxy) is 1. The van der Waals surface area contributed by atoms with E-state index in [4.69, 9.17) is 4.74 Å². The molecule has 1 heterocycles. The van der Waals surface area contributed by atoms with E-state index in [1.165, 1.54) is 55.4 Å². The van der Waals surface area contributed by atoms with Gasteiger partial charge in [0.05, 0.1) is 6.61 Å². The number of hydrogen-bond acceptors (Lipinski definition) is 2. The van der Waals surface area contributed by atoms with Gasteiger partial charge in [0, 0.05) is 11.6 Å². The number of aryl methyl sites for hydroxylation is 1. The zero-order valence-corrected chi connectivity index (χ0v) is 12.0. The number of nitrogens with one attached hydrogen (secondary N) is 1. The third-order valence-electron chi connectivity index (χ3n) is 4.73. The van der Waals surface area contributed by atoms with Crippen molar-refractivity contribution in [2.75, 3.05) is 13.7 Å². The summed E-state index contributed by atoms with van der Waals surface area (Å²) < 4.78 is 5.96. The van der Waals surface area contributed by atoms with Crippen LogP contribution in [-0.4, -0.2) is 13.7 Å². The van der Waals surface area contributed by atoms with Crippen molar-refractivity contribution in [3.05, 3.63) is 29.3 Å². The Morgan fingerprint density at radius 1 is 1.26 bits per heavy atom. The maximum Gasteiger partial charge on any atom is 0.127 e. The van der Waals surface area contributed by atoms with Gasteiger partial charge < -0.3 is 10.1 Å². The van der Waals surface area contributed by atoms with E-state index < -0.39 is 0 Å². The van der Waals surface area contributed by atoms with Crippen LogP contribution in [0.15, 0.2) is 18.2 Å². The molecule has 1 fully saturated rings.